The summed E-state index contributed by atoms with van der Waals surface area (Å²) in [6.45, 7) is 5.45. The molecule has 0 radical (unpaired) electrons. The number of rotatable bonds is 9. The van der Waals surface area contributed by atoms with Crippen molar-refractivity contribution >= 4 is 30.0 Å². The third-order valence-electron chi connectivity index (χ3n) is 2.14. The van der Waals surface area contributed by atoms with Crippen LogP contribution in [0.3, 0.4) is 0 Å². The number of ether oxygens (including phenoxy) is 1. The Kier molecular flexibility index (Phi) is 7.60. The maximum Gasteiger partial charge on any atom is 0.370 e. The van der Waals surface area contributed by atoms with Gasteiger partial charge in [0.05, 0.1) is 19.8 Å². The third-order valence-corrected chi connectivity index (χ3v) is 4.94. The molecular formula is C12H19N2O5PS. The van der Waals surface area contributed by atoms with Gasteiger partial charge in [-0.05, 0) is 20.8 Å². The first-order valence-corrected chi connectivity index (χ1v) is 8.92. The number of esters is 1. The topological polar surface area (TPSA) is 86.8 Å². The summed E-state index contributed by atoms with van der Waals surface area (Å²) in [6, 6.07) is 0. The Hall–Kier alpha value is -1.21. The third kappa shape index (κ3) is 5.24. The van der Waals surface area contributed by atoms with Crippen molar-refractivity contribution in [3.8, 4) is 0 Å². The molecule has 0 fully saturated rings. The lowest BCUT2D eigenvalue weighted by Crippen LogP contribution is -2.13. The van der Waals surface area contributed by atoms with E-state index >= 15 is 0 Å². The molecular weight excluding hydrogens is 315 g/mol. The predicted octanol–water partition coefficient (Wildman–Crippen LogP) is 3.23. The lowest BCUT2D eigenvalue weighted by molar-refractivity contribution is -0.137. The molecule has 0 bridgehead atoms. The Morgan fingerprint density at radius 1 is 1.33 bits per heavy atom. The van der Waals surface area contributed by atoms with Crippen molar-refractivity contribution in [1.29, 1.82) is 0 Å². The van der Waals surface area contributed by atoms with Gasteiger partial charge in [-0.3, -0.25) is 4.57 Å². The normalized spacial score (nSPS) is 12.2. The summed E-state index contributed by atoms with van der Waals surface area (Å²) < 4.78 is 28.0. The summed E-state index contributed by atoms with van der Waals surface area (Å²) in [5, 5.41) is 4.94. The second-order valence-electron chi connectivity index (χ2n) is 3.56. The molecule has 1 aromatic rings. The van der Waals surface area contributed by atoms with Crippen LogP contribution >= 0.6 is 18.9 Å². The Morgan fingerprint density at radius 3 is 2.48 bits per heavy atom. The summed E-state index contributed by atoms with van der Waals surface area (Å²) in [5.74, 6) is -0.744. The lowest BCUT2D eigenvalue weighted by Gasteiger charge is -2.18. The SMILES string of the molecule is CCOC(=O)/C(=C/Nc1nccs1)P(=O)(OCC)OCC. The molecule has 118 valence electrons. The van der Waals surface area contributed by atoms with Crippen LogP contribution in [-0.4, -0.2) is 30.8 Å². The molecule has 0 atom stereocenters. The number of aromatic nitrogens is 1. The molecule has 0 amide bonds. The molecule has 1 N–H and O–H groups in total. The largest absolute Gasteiger partial charge is 0.462 e. The molecule has 0 spiro atoms. The molecule has 0 unspecified atom stereocenters. The minimum atomic E-state index is -3.73. The van der Waals surface area contributed by atoms with Gasteiger partial charge < -0.3 is 19.1 Å². The molecule has 0 aliphatic heterocycles. The van der Waals surface area contributed by atoms with Crippen LogP contribution in [0, 0.1) is 0 Å². The van der Waals surface area contributed by atoms with E-state index in [0.717, 1.165) is 0 Å². The number of anilines is 1. The van der Waals surface area contributed by atoms with Gasteiger partial charge in [0.25, 0.3) is 0 Å². The average Bonchev–Trinajstić information content (AvgIpc) is 2.93. The van der Waals surface area contributed by atoms with Crippen LogP contribution in [0.15, 0.2) is 23.1 Å². The minimum Gasteiger partial charge on any atom is -0.462 e. The van der Waals surface area contributed by atoms with Crippen molar-refractivity contribution in [2.75, 3.05) is 25.1 Å². The number of hydrogen-bond acceptors (Lipinski definition) is 8. The van der Waals surface area contributed by atoms with E-state index in [2.05, 4.69) is 10.3 Å². The van der Waals surface area contributed by atoms with Crippen molar-refractivity contribution in [2.45, 2.75) is 20.8 Å². The first kappa shape index (κ1) is 17.8. The smallest absolute Gasteiger partial charge is 0.370 e. The second-order valence-corrected chi connectivity index (χ2v) is 6.45. The van der Waals surface area contributed by atoms with Crippen molar-refractivity contribution in [2.24, 2.45) is 0 Å². The molecule has 0 aliphatic carbocycles. The zero-order valence-electron chi connectivity index (χ0n) is 12.2. The average molecular weight is 334 g/mol. The minimum absolute atomic E-state index is 0.144. The highest BCUT2D eigenvalue weighted by Crippen LogP contribution is 2.56. The van der Waals surface area contributed by atoms with Crippen molar-refractivity contribution in [3.05, 3.63) is 23.1 Å². The second kappa shape index (κ2) is 8.94. The summed E-state index contributed by atoms with van der Waals surface area (Å²) in [5.41, 5.74) is 0. The molecule has 7 nitrogen and oxygen atoms in total. The Labute approximate surface area is 127 Å². The van der Waals surface area contributed by atoms with Crippen LogP contribution in [0.25, 0.3) is 0 Å². The highest BCUT2D eigenvalue weighted by molar-refractivity contribution is 7.59. The van der Waals surface area contributed by atoms with Gasteiger partial charge in [0, 0.05) is 17.8 Å². The first-order valence-electron chi connectivity index (χ1n) is 6.50. The Morgan fingerprint density at radius 2 is 2.00 bits per heavy atom. The molecule has 1 aromatic heterocycles. The molecule has 21 heavy (non-hydrogen) atoms. The summed E-state index contributed by atoms with van der Waals surface area (Å²) in [6.07, 6.45) is 2.87. The van der Waals surface area contributed by atoms with E-state index in [-0.39, 0.29) is 25.1 Å². The summed E-state index contributed by atoms with van der Waals surface area (Å²) >= 11 is 1.34. The van der Waals surface area contributed by atoms with E-state index in [9.17, 15) is 9.36 Å². The van der Waals surface area contributed by atoms with Gasteiger partial charge in [-0.2, -0.15) is 0 Å². The monoisotopic (exact) mass is 334 g/mol. The van der Waals surface area contributed by atoms with Gasteiger partial charge in [0.2, 0.25) is 0 Å². The van der Waals surface area contributed by atoms with Crippen LogP contribution in [0.5, 0.6) is 0 Å². The van der Waals surface area contributed by atoms with Gasteiger partial charge >= 0.3 is 13.6 Å². The number of hydrogen-bond donors (Lipinski definition) is 1. The van der Waals surface area contributed by atoms with E-state index in [4.69, 9.17) is 13.8 Å². The van der Waals surface area contributed by atoms with Crippen LogP contribution in [0.1, 0.15) is 20.8 Å². The zero-order chi connectivity index (χ0) is 15.7. The van der Waals surface area contributed by atoms with Gasteiger partial charge in [-0.1, -0.05) is 0 Å². The fourth-order valence-corrected chi connectivity index (χ4v) is 3.44. The molecule has 0 saturated heterocycles. The zero-order valence-corrected chi connectivity index (χ0v) is 13.9. The van der Waals surface area contributed by atoms with Crippen LogP contribution in [-0.2, 0) is 23.1 Å². The predicted molar refractivity (Wildman–Crippen MR) is 81.3 cm³/mol. The summed E-state index contributed by atoms with van der Waals surface area (Å²) in [4.78, 5) is 16.0. The molecule has 0 saturated carbocycles. The number of carbonyl (C=O) groups is 1. The van der Waals surface area contributed by atoms with Gasteiger partial charge in [-0.15, -0.1) is 11.3 Å². The highest BCUT2D eigenvalue weighted by atomic mass is 32.1. The quantitative estimate of drug-likeness (QED) is 0.421. The molecule has 0 aliphatic rings. The number of nitrogens with zero attached hydrogens (tertiary/aromatic N) is 1. The van der Waals surface area contributed by atoms with Crippen molar-refractivity contribution in [3.63, 3.8) is 0 Å². The number of thiazole rings is 1. The number of carbonyl (C=O) groups excluding carboxylic acids is 1. The first-order chi connectivity index (χ1) is 10.1. The summed E-state index contributed by atoms with van der Waals surface area (Å²) in [7, 11) is -3.73. The van der Waals surface area contributed by atoms with Crippen LogP contribution in [0.4, 0.5) is 5.13 Å². The standard InChI is InChI=1S/C12H19N2O5PS/c1-4-17-11(15)10(9-14-12-13-7-8-21-12)20(16,18-5-2)19-6-3/h7-9H,4-6H2,1-3H3,(H,13,14)/b10-9-. The Balaban J connectivity index is 3.06. The molecule has 1 heterocycles. The fourth-order valence-electron chi connectivity index (χ4n) is 1.40. The van der Waals surface area contributed by atoms with E-state index in [1.54, 1.807) is 32.3 Å². The Bertz CT molecular complexity index is 508. The molecule has 1 rings (SSSR count). The highest BCUT2D eigenvalue weighted by Gasteiger charge is 2.36. The lowest BCUT2D eigenvalue weighted by atomic mass is 10.6. The van der Waals surface area contributed by atoms with E-state index in [1.165, 1.54) is 17.5 Å². The van der Waals surface area contributed by atoms with Gasteiger partial charge in [0.1, 0.15) is 0 Å². The molecule has 9 heteroatoms. The number of nitrogens with one attached hydrogen (secondary N) is 1. The van der Waals surface area contributed by atoms with Crippen molar-refractivity contribution in [1.82, 2.24) is 4.98 Å². The van der Waals surface area contributed by atoms with Gasteiger partial charge in [0.15, 0.2) is 10.4 Å². The molecule has 0 aromatic carbocycles. The van der Waals surface area contributed by atoms with Crippen LogP contribution < -0.4 is 5.32 Å². The van der Waals surface area contributed by atoms with Gasteiger partial charge in [-0.25, -0.2) is 9.78 Å². The maximum atomic E-state index is 12.7. The fraction of sp³-hybridized carbons (Fsp3) is 0.500. The van der Waals surface area contributed by atoms with E-state index in [0.29, 0.717) is 5.13 Å². The van der Waals surface area contributed by atoms with E-state index in [1.807, 2.05) is 0 Å². The van der Waals surface area contributed by atoms with Crippen molar-refractivity contribution < 1.29 is 23.1 Å². The van der Waals surface area contributed by atoms with E-state index < -0.39 is 13.6 Å². The maximum absolute atomic E-state index is 12.7. The van der Waals surface area contributed by atoms with Crippen LogP contribution in [0.2, 0.25) is 0 Å².